The highest BCUT2D eigenvalue weighted by Crippen LogP contribution is 2.18. The van der Waals surface area contributed by atoms with Gasteiger partial charge in [0.2, 0.25) is 0 Å². The third kappa shape index (κ3) is 6.56. The first-order chi connectivity index (χ1) is 11.8. The first-order valence-electron chi connectivity index (χ1n) is 8.41. The van der Waals surface area contributed by atoms with Gasteiger partial charge in [-0.15, -0.1) is 35.3 Å². The molecule has 0 amide bonds. The maximum absolute atomic E-state index is 5.69. The monoisotopic (exact) mass is 472 g/mol. The van der Waals surface area contributed by atoms with Crippen LogP contribution in [-0.4, -0.2) is 30.2 Å². The van der Waals surface area contributed by atoms with E-state index in [-0.39, 0.29) is 36.1 Å². The van der Waals surface area contributed by atoms with Crippen molar-refractivity contribution >= 4 is 41.3 Å². The molecule has 5 nitrogen and oxygen atoms in total. The second kappa shape index (κ2) is 10.7. The Bertz CT molecular complexity index is 630. The van der Waals surface area contributed by atoms with Crippen LogP contribution in [0.15, 0.2) is 46.9 Å². The highest BCUT2D eigenvalue weighted by atomic mass is 127. The van der Waals surface area contributed by atoms with Gasteiger partial charge in [-0.2, -0.15) is 0 Å². The molecule has 0 spiro atoms. The van der Waals surface area contributed by atoms with Crippen molar-refractivity contribution in [2.45, 2.75) is 38.5 Å². The van der Waals surface area contributed by atoms with Crippen LogP contribution in [0.25, 0.3) is 0 Å². The molecular formula is C18H25IN4OS. The fraction of sp³-hybridized carbons (Fsp3) is 0.444. The van der Waals surface area contributed by atoms with Crippen molar-refractivity contribution < 1.29 is 4.74 Å². The van der Waals surface area contributed by atoms with Gasteiger partial charge < -0.3 is 15.4 Å². The second-order valence-corrected chi connectivity index (χ2v) is 6.86. The van der Waals surface area contributed by atoms with Gasteiger partial charge in [-0.1, -0.05) is 12.1 Å². The van der Waals surface area contributed by atoms with Gasteiger partial charge in [0.15, 0.2) is 5.96 Å². The summed E-state index contributed by atoms with van der Waals surface area (Å²) in [5.74, 6) is 0.803. The summed E-state index contributed by atoms with van der Waals surface area (Å²) >= 11 is 1.75. The van der Waals surface area contributed by atoms with Crippen LogP contribution >= 0.6 is 35.3 Å². The lowest BCUT2D eigenvalue weighted by molar-refractivity contribution is 0.113. The van der Waals surface area contributed by atoms with Gasteiger partial charge >= 0.3 is 0 Å². The predicted octanol–water partition coefficient (Wildman–Crippen LogP) is 3.74. The lowest BCUT2D eigenvalue weighted by atomic mass is 10.2. The molecule has 25 heavy (non-hydrogen) atoms. The van der Waals surface area contributed by atoms with Crippen LogP contribution in [0.2, 0.25) is 0 Å². The molecule has 2 aromatic rings. The molecule has 136 valence electrons. The summed E-state index contributed by atoms with van der Waals surface area (Å²) < 4.78 is 5.69. The molecule has 0 bridgehead atoms. The number of halogens is 1. The Morgan fingerprint density at radius 1 is 1.40 bits per heavy atom. The van der Waals surface area contributed by atoms with E-state index in [0.717, 1.165) is 37.6 Å². The number of rotatable bonds is 6. The van der Waals surface area contributed by atoms with E-state index >= 15 is 0 Å². The van der Waals surface area contributed by atoms with Crippen molar-refractivity contribution in [2.24, 2.45) is 4.99 Å². The first-order valence-corrected chi connectivity index (χ1v) is 9.29. The number of ether oxygens (including phenoxy) is 1. The predicted molar refractivity (Wildman–Crippen MR) is 114 cm³/mol. The minimum Gasteiger partial charge on any atom is -0.376 e. The largest absolute Gasteiger partial charge is 0.376 e. The molecule has 1 aliphatic heterocycles. The second-order valence-electron chi connectivity index (χ2n) is 5.88. The molecule has 2 aromatic heterocycles. The van der Waals surface area contributed by atoms with Crippen LogP contribution in [0.5, 0.6) is 0 Å². The summed E-state index contributed by atoms with van der Waals surface area (Å²) in [5, 5.41) is 8.99. The zero-order chi connectivity index (χ0) is 16.6. The Hall–Kier alpha value is -1.19. The van der Waals surface area contributed by atoms with E-state index in [9.17, 15) is 0 Å². The molecule has 2 unspecified atom stereocenters. The third-order valence-corrected chi connectivity index (χ3v) is 5.02. The van der Waals surface area contributed by atoms with E-state index in [1.165, 1.54) is 4.88 Å². The number of thiophene rings is 1. The topological polar surface area (TPSA) is 58.5 Å². The van der Waals surface area contributed by atoms with Crippen LogP contribution in [0.1, 0.15) is 36.4 Å². The lowest BCUT2D eigenvalue weighted by Gasteiger charge is -2.19. The van der Waals surface area contributed by atoms with Crippen LogP contribution in [0, 0.1) is 0 Å². The smallest absolute Gasteiger partial charge is 0.192 e. The number of pyridine rings is 1. The van der Waals surface area contributed by atoms with Crippen molar-refractivity contribution in [3.05, 3.63) is 52.5 Å². The lowest BCUT2D eigenvalue weighted by Crippen LogP contribution is -2.42. The molecule has 2 atom stereocenters. The van der Waals surface area contributed by atoms with Gasteiger partial charge in [0.05, 0.1) is 24.4 Å². The Labute approximate surface area is 170 Å². The normalized spacial score (nSPS) is 18.4. The molecular weight excluding hydrogens is 447 g/mol. The van der Waals surface area contributed by atoms with E-state index in [0.29, 0.717) is 6.54 Å². The molecule has 0 saturated carbocycles. The maximum atomic E-state index is 5.69. The molecule has 7 heteroatoms. The summed E-state index contributed by atoms with van der Waals surface area (Å²) in [4.78, 5) is 10.3. The van der Waals surface area contributed by atoms with Crippen LogP contribution < -0.4 is 10.6 Å². The van der Waals surface area contributed by atoms with Gasteiger partial charge in [0.1, 0.15) is 0 Å². The maximum Gasteiger partial charge on any atom is 0.192 e. The highest BCUT2D eigenvalue weighted by Gasteiger charge is 2.16. The first kappa shape index (κ1) is 20.1. The Morgan fingerprint density at radius 3 is 3.00 bits per heavy atom. The molecule has 0 aliphatic carbocycles. The molecule has 1 fully saturated rings. The summed E-state index contributed by atoms with van der Waals surface area (Å²) in [6.45, 7) is 4.35. The van der Waals surface area contributed by atoms with Crippen molar-refractivity contribution in [1.82, 2.24) is 15.6 Å². The fourth-order valence-corrected chi connectivity index (χ4v) is 3.37. The number of nitrogens with zero attached hydrogens (tertiary/aromatic N) is 2. The minimum absolute atomic E-state index is 0. The molecule has 0 aromatic carbocycles. The number of hydrogen-bond acceptors (Lipinski definition) is 4. The molecule has 1 saturated heterocycles. The van der Waals surface area contributed by atoms with Gasteiger partial charge in [0.25, 0.3) is 0 Å². The zero-order valence-corrected chi connectivity index (χ0v) is 17.5. The van der Waals surface area contributed by atoms with E-state index < -0.39 is 0 Å². The van der Waals surface area contributed by atoms with Crippen molar-refractivity contribution in [3.8, 4) is 0 Å². The van der Waals surface area contributed by atoms with Crippen LogP contribution in [0.3, 0.4) is 0 Å². The summed E-state index contributed by atoms with van der Waals surface area (Å²) in [7, 11) is 0. The Morgan fingerprint density at radius 2 is 2.32 bits per heavy atom. The van der Waals surface area contributed by atoms with Gasteiger partial charge in [-0.05, 0) is 43.3 Å². The van der Waals surface area contributed by atoms with E-state index in [1.54, 1.807) is 17.5 Å². The van der Waals surface area contributed by atoms with Crippen molar-refractivity contribution in [1.29, 1.82) is 0 Å². The van der Waals surface area contributed by atoms with Crippen LogP contribution in [-0.2, 0) is 11.3 Å². The van der Waals surface area contributed by atoms with E-state index in [4.69, 9.17) is 4.74 Å². The standard InChI is InChI=1S/C18H24N4OS.HI/c1-14(17-8-5-11-24-17)22-18(21-13-16-7-4-10-23-16)20-12-15-6-2-3-9-19-15;/h2-3,5-6,8-9,11,14,16H,4,7,10,12-13H2,1H3,(H2,20,21,22);1H. The van der Waals surface area contributed by atoms with Crippen molar-refractivity contribution in [2.75, 3.05) is 13.2 Å². The number of aliphatic imine (C=N–C) groups is 1. The van der Waals surface area contributed by atoms with E-state index in [1.807, 2.05) is 18.2 Å². The summed E-state index contributed by atoms with van der Waals surface area (Å²) in [6.07, 6.45) is 4.34. The van der Waals surface area contributed by atoms with Gasteiger partial charge in [-0.25, -0.2) is 4.99 Å². The number of hydrogen-bond donors (Lipinski definition) is 2. The molecule has 3 rings (SSSR count). The molecule has 3 heterocycles. The summed E-state index contributed by atoms with van der Waals surface area (Å²) in [5.41, 5.74) is 0.958. The molecule has 0 radical (unpaired) electrons. The molecule has 2 N–H and O–H groups in total. The zero-order valence-electron chi connectivity index (χ0n) is 14.4. The minimum atomic E-state index is 0. The average Bonchev–Trinajstić information content (AvgIpc) is 3.31. The Kier molecular flexibility index (Phi) is 8.63. The fourth-order valence-electron chi connectivity index (χ4n) is 2.63. The Balaban J connectivity index is 0.00000225. The van der Waals surface area contributed by atoms with E-state index in [2.05, 4.69) is 45.0 Å². The van der Waals surface area contributed by atoms with Gasteiger partial charge in [0, 0.05) is 24.2 Å². The number of aromatic nitrogens is 1. The third-order valence-electron chi connectivity index (χ3n) is 3.97. The van der Waals surface area contributed by atoms with Gasteiger partial charge in [-0.3, -0.25) is 4.98 Å². The van der Waals surface area contributed by atoms with Crippen molar-refractivity contribution in [3.63, 3.8) is 0 Å². The quantitative estimate of drug-likeness (QED) is 0.382. The van der Waals surface area contributed by atoms with Crippen LogP contribution in [0.4, 0.5) is 0 Å². The number of guanidine groups is 1. The number of nitrogens with one attached hydrogen (secondary N) is 2. The summed E-state index contributed by atoms with van der Waals surface area (Å²) in [6, 6.07) is 10.3. The molecule has 1 aliphatic rings. The highest BCUT2D eigenvalue weighted by molar-refractivity contribution is 14.0. The SMILES string of the molecule is CC(NC(=NCc1ccccn1)NCC1CCCO1)c1cccs1.I. The average molecular weight is 472 g/mol.